The monoisotopic (exact) mass is 295 g/mol. The summed E-state index contributed by atoms with van der Waals surface area (Å²) in [5, 5.41) is 8.85. The normalized spacial score (nSPS) is 14.2. The van der Waals surface area contributed by atoms with Crippen LogP contribution in [0.4, 0.5) is 0 Å². The summed E-state index contributed by atoms with van der Waals surface area (Å²) in [5.74, 6) is 2.07. The zero-order valence-electron chi connectivity index (χ0n) is 9.70. The van der Waals surface area contributed by atoms with Crippen LogP contribution in [0.15, 0.2) is 16.6 Å². The first-order chi connectivity index (χ1) is 8.26. The third kappa shape index (κ3) is 2.92. The predicted octanol–water partition coefficient (Wildman–Crippen LogP) is 3.31. The van der Waals surface area contributed by atoms with Crippen molar-refractivity contribution in [1.82, 2.24) is 0 Å². The van der Waals surface area contributed by atoms with Crippen LogP contribution in [0.5, 0.6) is 11.5 Å². The summed E-state index contributed by atoms with van der Waals surface area (Å²) in [6.07, 6.45) is 2.80. The van der Waals surface area contributed by atoms with Crippen molar-refractivity contribution in [2.45, 2.75) is 19.3 Å². The predicted molar refractivity (Wildman–Crippen MR) is 68.2 cm³/mol. The van der Waals surface area contributed by atoms with Gasteiger partial charge in [0.05, 0.1) is 26.2 Å². The molecule has 0 amide bonds. The van der Waals surface area contributed by atoms with Gasteiger partial charge in [0.25, 0.3) is 0 Å². The summed E-state index contributed by atoms with van der Waals surface area (Å²) >= 11 is 3.45. The fourth-order valence-corrected chi connectivity index (χ4v) is 2.08. The van der Waals surface area contributed by atoms with Crippen LogP contribution < -0.4 is 9.47 Å². The maximum atomic E-state index is 8.85. The molecule has 0 aliphatic heterocycles. The van der Waals surface area contributed by atoms with Crippen LogP contribution in [0.3, 0.4) is 0 Å². The number of hydrogen-bond donors (Lipinski definition) is 0. The number of rotatable bonds is 5. The summed E-state index contributed by atoms with van der Waals surface area (Å²) in [5.41, 5.74) is 0.868. The van der Waals surface area contributed by atoms with Crippen LogP contribution in [-0.2, 0) is 6.42 Å². The molecule has 1 aliphatic rings. The van der Waals surface area contributed by atoms with Crippen molar-refractivity contribution in [3.8, 4) is 17.6 Å². The molecule has 17 heavy (non-hydrogen) atoms. The van der Waals surface area contributed by atoms with Crippen LogP contribution in [0.2, 0.25) is 0 Å². The Hall–Kier alpha value is -1.21. The highest BCUT2D eigenvalue weighted by Crippen LogP contribution is 2.38. The lowest BCUT2D eigenvalue weighted by molar-refractivity contribution is 0.278. The zero-order valence-corrected chi connectivity index (χ0v) is 11.3. The second-order valence-corrected chi connectivity index (χ2v) is 5.00. The van der Waals surface area contributed by atoms with Crippen molar-refractivity contribution in [3.05, 3.63) is 22.2 Å². The number of ether oxygens (including phenoxy) is 2. The third-order valence-corrected chi connectivity index (χ3v) is 3.55. The van der Waals surface area contributed by atoms with Crippen molar-refractivity contribution in [1.29, 1.82) is 5.26 Å². The summed E-state index contributed by atoms with van der Waals surface area (Å²) in [7, 11) is 1.61. The van der Waals surface area contributed by atoms with E-state index in [1.54, 1.807) is 7.11 Å². The van der Waals surface area contributed by atoms with Gasteiger partial charge in [-0.1, -0.05) is 15.9 Å². The minimum Gasteiger partial charge on any atom is -0.493 e. The Kier molecular flexibility index (Phi) is 3.90. The second-order valence-electron chi connectivity index (χ2n) is 4.15. The summed E-state index contributed by atoms with van der Waals surface area (Å²) in [6.45, 7) is 0.714. The van der Waals surface area contributed by atoms with Gasteiger partial charge in [-0.15, -0.1) is 0 Å². The van der Waals surface area contributed by atoms with E-state index in [1.165, 1.54) is 12.8 Å². The van der Waals surface area contributed by atoms with E-state index in [9.17, 15) is 0 Å². The van der Waals surface area contributed by atoms with Gasteiger partial charge in [0.1, 0.15) is 0 Å². The lowest BCUT2D eigenvalue weighted by Crippen LogP contribution is -2.04. The minimum atomic E-state index is 0.317. The molecule has 4 heteroatoms. The molecule has 0 spiro atoms. The molecule has 1 saturated carbocycles. The van der Waals surface area contributed by atoms with Gasteiger partial charge in [0.2, 0.25) is 0 Å². The number of nitriles is 1. The number of benzene rings is 1. The van der Waals surface area contributed by atoms with Crippen molar-refractivity contribution < 1.29 is 9.47 Å². The van der Waals surface area contributed by atoms with E-state index in [0.29, 0.717) is 30.4 Å². The van der Waals surface area contributed by atoms with Crippen LogP contribution in [0.25, 0.3) is 0 Å². The van der Waals surface area contributed by atoms with E-state index in [4.69, 9.17) is 14.7 Å². The van der Waals surface area contributed by atoms with Crippen LogP contribution in [0, 0.1) is 17.2 Å². The molecule has 0 aromatic heterocycles. The highest BCUT2D eigenvalue weighted by atomic mass is 79.9. The first kappa shape index (κ1) is 12.3. The van der Waals surface area contributed by atoms with Crippen molar-refractivity contribution in [2.75, 3.05) is 13.7 Å². The molecule has 2 rings (SSSR count). The van der Waals surface area contributed by atoms with Gasteiger partial charge in [-0.25, -0.2) is 0 Å². The van der Waals surface area contributed by atoms with E-state index < -0.39 is 0 Å². The van der Waals surface area contributed by atoms with E-state index in [2.05, 4.69) is 22.0 Å². The van der Waals surface area contributed by atoms with Crippen LogP contribution in [0.1, 0.15) is 18.4 Å². The van der Waals surface area contributed by atoms with Gasteiger partial charge in [-0.05, 0) is 30.9 Å². The Bertz CT molecular complexity index is 449. The number of halogens is 1. The molecule has 0 atom stereocenters. The highest BCUT2D eigenvalue weighted by Gasteiger charge is 2.23. The fourth-order valence-electron chi connectivity index (χ4n) is 1.63. The van der Waals surface area contributed by atoms with Gasteiger partial charge in [0, 0.05) is 10.0 Å². The molecule has 90 valence electrons. The fraction of sp³-hybridized carbons (Fsp3) is 0.462. The summed E-state index contributed by atoms with van der Waals surface area (Å²) < 4.78 is 12.0. The van der Waals surface area contributed by atoms with Crippen LogP contribution in [-0.4, -0.2) is 13.7 Å². The molecule has 1 aromatic rings. The van der Waals surface area contributed by atoms with Gasteiger partial charge >= 0.3 is 0 Å². The summed E-state index contributed by atoms with van der Waals surface area (Å²) in [6, 6.07) is 5.89. The Labute approximate surface area is 109 Å². The molecule has 0 heterocycles. The summed E-state index contributed by atoms with van der Waals surface area (Å²) in [4.78, 5) is 0. The molecule has 0 N–H and O–H groups in total. The highest BCUT2D eigenvalue weighted by molar-refractivity contribution is 9.10. The maximum absolute atomic E-state index is 8.85. The smallest absolute Gasteiger partial charge is 0.166 e. The van der Waals surface area contributed by atoms with E-state index >= 15 is 0 Å². The lowest BCUT2D eigenvalue weighted by atomic mass is 10.1. The standard InChI is InChI=1S/C13H14BrNO2/c1-16-12-5-4-11(14)10(6-7-15)13(12)17-8-9-2-3-9/h4-5,9H,2-3,6,8H2,1H3. The Morgan fingerprint density at radius 2 is 2.24 bits per heavy atom. The second kappa shape index (κ2) is 5.42. The number of hydrogen-bond acceptors (Lipinski definition) is 3. The molecule has 0 saturated heterocycles. The molecular weight excluding hydrogens is 282 g/mol. The SMILES string of the molecule is COc1ccc(Br)c(CC#N)c1OCC1CC1. The van der Waals surface area contributed by atoms with Crippen molar-refractivity contribution in [2.24, 2.45) is 5.92 Å². The molecule has 1 fully saturated rings. The van der Waals surface area contributed by atoms with Crippen molar-refractivity contribution >= 4 is 15.9 Å². The van der Waals surface area contributed by atoms with Crippen LogP contribution >= 0.6 is 15.9 Å². The average Bonchev–Trinajstić information content (AvgIpc) is 3.14. The topological polar surface area (TPSA) is 42.2 Å². The first-order valence-electron chi connectivity index (χ1n) is 5.61. The number of nitrogens with zero attached hydrogens (tertiary/aromatic N) is 1. The number of methoxy groups -OCH3 is 1. The van der Waals surface area contributed by atoms with Gasteiger partial charge in [0.15, 0.2) is 11.5 Å². The zero-order chi connectivity index (χ0) is 12.3. The largest absolute Gasteiger partial charge is 0.493 e. The Morgan fingerprint density at radius 3 is 2.82 bits per heavy atom. The van der Waals surface area contributed by atoms with Gasteiger partial charge < -0.3 is 9.47 Å². The van der Waals surface area contributed by atoms with Crippen molar-refractivity contribution in [3.63, 3.8) is 0 Å². The first-order valence-corrected chi connectivity index (χ1v) is 6.40. The quantitative estimate of drug-likeness (QED) is 0.837. The average molecular weight is 296 g/mol. The lowest BCUT2D eigenvalue weighted by Gasteiger charge is -2.14. The molecule has 1 aliphatic carbocycles. The minimum absolute atomic E-state index is 0.317. The molecule has 1 aromatic carbocycles. The third-order valence-electron chi connectivity index (χ3n) is 2.80. The van der Waals surface area contributed by atoms with E-state index in [0.717, 1.165) is 10.0 Å². The molecule has 0 unspecified atom stereocenters. The molecule has 3 nitrogen and oxygen atoms in total. The van der Waals surface area contributed by atoms with E-state index in [1.807, 2.05) is 12.1 Å². The Balaban J connectivity index is 2.28. The molecular formula is C13H14BrNO2. The maximum Gasteiger partial charge on any atom is 0.166 e. The molecule has 0 bridgehead atoms. The van der Waals surface area contributed by atoms with Gasteiger partial charge in [-0.2, -0.15) is 5.26 Å². The van der Waals surface area contributed by atoms with Gasteiger partial charge in [-0.3, -0.25) is 0 Å². The Morgan fingerprint density at radius 1 is 1.47 bits per heavy atom. The molecule has 0 radical (unpaired) electrons. The van der Waals surface area contributed by atoms with E-state index in [-0.39, 0.29) is 0 Å².